The van der Waals surface area contributed by atoms with Gasteiger partial charge in [-0.3, -0.25) is 20.2 Å². The molecule has 0 aliphatic carbocycles. The minimum Gasteiger partial charge on any atom is -0.329 e. The molecule has 0 saturated heterocycles. The quantitative estimate of drug-likeness (QED) is 0.288. The van der Waals surface area contributed by atoms with E-state index in [1.165, 1.54) is 6.07 Å². The van der Waals surface area contributed by atoms with E-state index in [0.717, 1.165) is 37.2 Å². The van der Waals surface area contributed by atoms with Crippen LogP contribution in [0.1, 0.15) is 19.9 Å². The van der Waals surface area contributed by atoms with E-state index in [1.807, 2.05) is 24.4 Å². The second kappa shape index (κ2) is 6.94. The van der Waals surface area contributed by atoms with Crippen molar-refractivity contribution in [3.8, 4) is 11.3 Å². The van der Waals surface area contributed by atoms with Crippen molar-refractivity contribution in [3.63, 3.8) is 0 Å². The van der Waals surface area contributed by atoms with Crippen LogP contribution in [0.5, 0.6) is 0 Å². The summed E-state index contributed by atoms with van der Waals surface area (Å²) in [7, 11) is 0. The lowest BCUT2D eigenvalue weighted by Gasteiger charge is -2.13. The molecule has 7 nitrogen and oxygen atoms in total. The summed E-state index contributed by atoms with van der Waals surface area (Å²) in [5.74, 6) is -0.327. The van der Waals surface area contributed by atoms with Gasteiger partial charge in [0, 0.05) is 40.8 Å². The Morgan fingerprint density at radius 3 is 2.79 bits per heavy atom. The van der Waals surface area contributed by atoms with Crippen LogP contribution in [0.3, 0.4) is 0 Å². The summed E-state index contributed by atoms with van der Waals surface area (Å²) in [6.45, 7) is 4.26. The van der Waals surface area contributed by atoms with E-state index in [1.54, 1.807) is 23.7 Å². The fourth-order valence-electron chi connectivity index (χ4n) is 4.63. The van der Waals surface area contributed by atoms with Gasteiger partial charge in [0.05, 0.1) is 32.3 Å². The summed E-state index contributed by atoms with van der Waals surface area (Å²) < 4.78 is 18.5. The van der Waals surface area contributed by atoms with Crippen LogP contribution in [0.2, 0.25) is 0 Å². The Hall–Kier alpha value is -4.11. The van der Waals surface area contributed by atoms with Crippen LogP contribution in [0.4, 0.5) is 4.39 Å². The molecule has 2 aliphatic rings. The van der Waals surface area contributed by atoms with Gasteiger partial charge in [-0.05, 0) is 44.2 Å². The van der Waals surface area contributed by atoms with Crippen LogP contribution in [0.25, 0.3) is 64.8 Å². The SMILES string of the molecule is CC(C)n1c2cncc(c2)c2cc3c(cc2F)[nH][nH]c-3c2nc3ccnc(c4ccc1s4)c3n2. The fourth-order valence-corrected chi connectivity index (χ4v) is 5.79. The number of nitrogens with one attached hydrogen (secondary N) is 2. The minimum absolute atomic E-state index is 0.159. The number of aromatic amines is 2. The van der Waals surface area contributed by atoms with E-state index in [4.69, 9.17) is 9.97 Å². The number of pyridine rings is 2. The molecule has 5 aromatic rings. The Labute approximate surface area is 196 Å². The predicted octanol–water partition coefficient (Wildman–Crippen LogP) is 6.50. The van der Waals surface area contributed by atoms with Crippen molar-refractivity contribution >= 4 is 64.9 Å². The van der Waals surface area contributed by atoms with Crippen molar-refractivity contribution in [1.29, 1.82) is 0 Å². The number of hydrogen-bond donors (Lipinski definition) is 2. The summed E-state index contributed by atoms with van der Waals surface area (Å²) in [6.07, 6.45) is 5.28. The van der Waals surface area contributed by atoms with Crippen LogP contribution in [-0.2, 0) is 0 Å². The summed E-state index contributed by atoms with van der Waals surface area (Å²) in [4.78, 5) is 19.8. The van der Waals surface area contributed by atoms with Crippen LogP contribution in [0, 0.1) is 5.82 Å². The number of rotatable bonds is 1. The highest BCUT2D eigenvalue weighted by Crippen LogP contribution is 2.34. The molecule has 166 valence electrons. The number of halogens is 1. The van der Waals surface area contributed by atoms with Crippen molar-refractivity contribution in [1.82, 2.24) is 34.7 Å². The van der Waals surface area contributed by atoms with E-state index >= 15 is 4.39 Å². The van der Waals surface area contributed by atoms with Gasteiger partial charge >= 0.3 is 0 Å². The molecule has 4 aromatic heterocycles. The van der Waals surface area contributed by atoms with Crippen molar-refractivity contribution in [2.75, 3.05) is 0 Å². The Balaban J connectivity index is 1.77. The lowest BCUT2D eigenvalue weighted by molar-refractivity contribution is 0.639. The highest BCUT2D eigenvalue weighted by Gasteiger charge is 2.17. The normalized spacial score (nSPS) is 12.2. The molecule has 1 aromatic carbocycles. The topological polar surface area (TPSA) is 88.1 Å². The zero-order chi connectivity index (χ0) is 23.0. The lowest BCUT2D eigenvalue weighted by atomic mass is 10.1. The summed E-state index contributed by atoms with van der Waals surface area (Å²) in [5, 5.41) is 7.37. The average molecular weight is 468 g/mol. The third kappa shape index (κ3) is 2.73. The largest absolute Gasteiger partial charge is 0.329 e. The van der Waals surface area contributed by atoms with E-state index in [0.29, 0.717) is 27.6 Å². The van der Waals surface area contributed by atoms with Gasteiger partial charge in [-0.2, -0.15) is 0 Å². The molecule has 2 aliphatic heterocycles. The minimum atomic E-state index is -0.327. The first kappa shape index (κ1) is 19.4. The van der Waals surface area contributed by atoms with E-state index in [2.05, 4.69) is 50.7 Å². The Morgan fingerprint density at radius 2 is 1.91 bits per heavy atom. The number of hydrogen-bond acceptors (Lipinski definition) is 5. The molecule has 0 fully saturated rings. The zero-order valence-corrected chi connectivity index (χ0v) is 19.1. The molecule has 0 unspecified atom stereocenters. The van der Waals surface area contributed by atoms with Crippen LogP contribution >= 0.6 is 11.3 Å². The standard InChI is InChI=1S/C25H18FN7S/c1-12(2)33-14-7-13(10-27-11-14)15-8-16-19(9-17(15)26)31-32-22(16)25-29-18-5-6-28-24(23(18)30-25)20-3-4-21(33)34-20/h3-12,31-32H,1-2H3. The first-order valence-corrected chi connectivity index (χ1v) is 11.8. The third-order valence-electron chi connectivity index (χ3n) is 6.16. The van der Waals surface area contributed by atoms with Gasteiger partial charge in [0.15, 0.2) is 5.65 Å². The molecule has 0 amide bonds. The van der Waals surface area contributed by atoms with E-state index in [9.17, 15) is 0 Å². The average Bonchev–Trinajstić information content (AvgIpc) is 3.55. The molecule has 34 heavy (non-hydrogen) atoms. The monoisotopic (exact) mass is 467 g/mol. The maximum Gasteiger partial charge on any atom is 0.179 e. The van der Waals surface area contributed by atoms with Gasteiger partial charge in [-0.25, -0.2) is 14.4 Å². The first-order chi connectivity index (χ1) is 16.6. The Bertz CT molecular complexity index is 1920. The number of fused-ring (bicyclic) bond motifs is 9. The molecule has 0 radical (unpaired) electrons. The molecule has 6 heterocycles. The molecule has 8 bridgehead atoms. The predicted molar refractivity (Wildman–Crippen MR) is 134 cm³/mol. The third-order valence-corrected chi connectivity index (χ3v) is 7.25. The molecule has 0 spiro atoms. The number of aromatic nitrogens is 7. The van der Waals surface area contributed by atoms with E-state index in [-0.39, 0.29) is 11.9 Å². The Morgan fingerprint density at radius 1 is 1.00 bits per heavy atom. The van der Waals surface area contributed by atoms with Crippen LogP contribution in [-0.4, -0.2) is 34.7 Å². The second-order valence-electron chi connectivity index (χ2n) is 8.61. The van der Waals surface area contributed by atoms with Crippen molar-refractivity contribution in [3.05, 3.63) is 60.8 Å². The molecule has 2 N–H and O–H groups in total. The van der Waals surface area contributed by atoms with E-state index < -0.39 is 0 Å². The van der Waals surface area contributed by atoms with Crippen molar-refractivity contribution < 1.29 is 4.39 Å². The smallest absolute Gasteiger partial charge is 0.179 e. The number of H-pyrrole nitrogens is 2. The molecule has 0 atom stereocenters. The maximum absolute atomic E-state index is 15.2. The highest BCUT2D eigenvalue weighted by atomic mass is 32.1. The van der Waals surface area contributed by atoms with Crippen LogP contribution < -0.4 is 0 Å². The molecular formula is C25H18FN7S. The number of imidazole rings is 1. The summed E-state index contributed by atoms with van der Waals surface area (Å²) >= 11 is 1.64. The van der Waals surface area contributed by atoms with Gasteiger partial charge in [0.25, 0.3) is 0 Å². The van der Waals surface area contributed by atoms with Crippen molar-refractivity contribution in [2.45, 2.75) is 19.9 Å². The lowest BCUT2D eigenvalue weighted by Crippen LogP contribution is -2.01. The molecule has 9 heteroatoms. The number of benzene rings is 1. The summed E-state index contributed by atoms with van der Waals surface area (Å²) in [6, 6.07) is 11.5. The number of nitrogens with zero attached hydrogens (tertiary/aromatic N) is 5. The van der Waals surface area contributed by atoms with Gasteiger partial charge in [0.1, 0.15) is 22.5 Å². The summed E-state index contributed by atoms with van der Waals surface area (Å²) in [5.41, 5.74) is 5.89. The molecule has 7 rings (SSSR count). The van der Waals surface area contributed by atoms with Crippen molar-refractivity contribution in [2.24, 2.45) is 0 Å². The molecule has 0 saturated carbocycles. The number of thiophene rings is 1. The molecular weight excluding hydrogens is 449 g/mol. The van der Waals surface area contributed by atoms with Gasteiger partial charge in [-0.15, -0.1) is 11.3 Å². The zero-order valence-electron chi connectivity index (χ0n) is 18.3. The Kier molecular flexibility index (Phi) is 3.96. The fraction of sp³-hybridized carbons (Fsp3) is 0.120. The van der Waals surface area contributed by atoms with Crippen LogP contribution in [0.15, 0.2) is 55.0 Å². The van der Waals surface area contributed by atoms with Gasteiger partial charge < -0.3 is 4.57 Å². The van der Waals surface area contributed by atoms with Gasteiger partial charge in [0.2, 0.25) is 0 Å². The maximum atomic E-state index is 15.2. The first-order valence-electron chi connectivity index (χ1n) is 10.9. The second-order valence-corrected chi connectivity index (χ2v) is 9.67. The van der Waals surface area contributed by atoms with Gasteiger partial charge in [-0.1, -0.05) is 0 Å². The highest BCUT2D eigenvalue weighted by molar-refractivity contribution is 7.23.